The molecule has 0 atom stereocenters. The van der Waals surface area contributed by atoms with Crippen LogP contribution in [0.15, 0.2) is 47.4 Å². The van der Waals surface area contributed by atoms with E-state index in [0.29, 0.717) is 10.0 Å². The van der Waals surface area contributed by atoms with Crippen molar-refractivity contribution in [3.8, 4) is 0 Å². The lowest BCUT2D eigenvalue weighted by molar-refractivity contribution is -0.121. The van der Waals surface area contributed by atoms with Crippen molar-refractivity contribution in [1.29, 1.82) is 0 Å². The summed E-state index contributed by atoms with van der Waals surface area (Å²) in [6.07, 6.45) is 0.306. The molecule has 3 rings (SSSR count). The van der Waals surface area contributed by atoms with Crippen molar-refractivity contribution in [3.63, 3.8) is 0 Å². The summed E-state index contributed by atoms with van der Waals surface area (Å²) < 4.78 is 25.7. The number of fused-ring (bicyclic) bond motifs is 1. The van der Waals surface area contributed by atoms with Crippen molar-refractivity contribution < 1.29 is 18.0 Å². The van der Waals surface area contributed by atoms with Crippen molar-refractivity contribution in [3.05, 3.63) is 63.6 Å². The maximum Gasteiger partial charge on any atom is 0.269 e. The van der Waals surface area contributed by atoms with Crippen LogP contribution in [0.25, 0.3) is 0 Å². The number of hydrogen-bond acceptors (Lipinski definition) is 4. The number of amides is 2. The van der Waals surface area contributed by atoms with E-state index in [1.54, 1.807) is 30.3 Å². The fourth-order valence-corrected chi connectivity index (χ4v) is 4.87. The molecule has 6 nitrogen and oxygen atoms in total. The van der Waals surface area contributed by atoms with Gasteiger partial charge in [0.1, 0.15) is 4.90 Å². The summed E-state index contributed by atoms with van der Waals surface area (Å²) in [4.78, 5) is 24.3. The highest BCUT2D eigenvalue weighted by Gasteiger charge is 2.40. The minimum atomic E-state index is -3.84. The summed E-state index contributed by atoms with van der Waals surface area (Å²) in [5.41, 5.74) is 0.890. The van der Waals surface area contributed by atoms with Gasteiger partial charge in [-0.3, -0.25) is 9.59 Å². The van der Waals surface area contributed by atoms with E-state index < -0.39 is 15.9 Å². The van der Waals surface area contributed by atoms with E-state index in [1.807, 2.05) is 0 Å². The molecule has 0 aliphatic carbocycles. The zero-order valence-corrected chi connectivity index (χ0v) is 16.4. The molecule has 1 heterocycles. The fraction of sp³-hybridized carbons (Fsp3) is 0.222. The van der Waals surface area contributed by atoms with Crippen LogP contribution in [0, 0.1) is 0 Å². The number of nitrogens with one attached hydrogen (secondary N) is 1. The molecule has 0 spiro atoms. The molecule has 0 saturated heterocycles. The van der Waals surface area contributed by atoms with Crippen LogP contribution in [-0.4, -0.2) is 31.1 Å². The molecule has 0 aromatic heterocycles. The summed E-state index contributed by atoms with van der Waals surface area (Å²) in [5.74, 6) is -0.818. The average Bonchev–Trinajstić information content (AvgIpc) is 2.82. The quantitative estimate of drug-likeness (QED) is 0.768. The third-order valence-electron chi connectivity index (χ3n) is 4.17. The SMILES string of the molecule is O=C(CCCN1C(=O)c2ccccc2S1(=O)=O)NCc1ccc(Cl)cc1Cl. The average molecular weight is 427 g/mol. The highest BCUT2D eigenvalue weighted by molar-refractivity contribution is 7.90. The summed E-state index contributed by atoms with van der Waals surface area (Å²) >= 11 is 11.9. The predicted octanol–water partition coefficient (Wildman–Crippen LogP) is 3.23. The lowest BCUT2D eigenvalue weighted by Crippen LogP contribution is -2.32. The summed E-state index contributed by atoms with van der Waals surface area (Å²) in [6.45, 7) is 0.187. The molecule has 27 heavy (non-hydrogen) atoms. The molecule has 1 aliphatic heterocycles. The number of carbonyl (C=O) groups excluding carboxylic acids is 2. The van der Waals surface area contributed by atoms with Crippen molar-refractivity contribution in [2.75, 3.05) is 6.54 Å². The minimum Gasteiger partial charge on any atom is -0.352 e. The van der Waals surface area contributed by atoms with Crippen molar-refractivity contribution in [2.45, 2.75) is 24.3 Å². The summed E-state index contributed by atoms with van der Waals surface area (Å²) in [6, 6.07) is 11.1. The Hall–Kier alpha value is -2.09. The fourth-order valence-electron chi connectivity index (χ4n) is 2.78. The molecular formula is C18H16Cl2N2O4S. The van der Waals surface area contributed by atoms with Gasteiger partial charge in [-0.1, -0.05) is 41.4 Å². The number of rotatable bonds is 6. The second-order valence-corrected chi connectivity index (χ2v) is 8.67. The Balaban J connectivity index is 1.53. The van der Waals surface area contributed by atoms with Crippen LogP contribution in [0.2, 0.25) is 10.0 Å². The monoisotopic (exact) mass is 426 g/mol. The number of halogens is 2. The first-order chi connectivity index (χ1) is 12.8. The van der Waals surface area contributed by atoms with E-state index >= 15 is 0 Å². The van der Waals surface area contributed by atoms with Gasteiger partial charge >= 0.3 is 0 Å². The first-order valence-electron chi connectivity index (χ1n) is 8.17. The van der Waals surface area contributed by atoms with Crippen LogP contribution >= 0.6 is 23.2 Å². The van der Waals surface area contributed by atoms with Crippen LogP contribution in [0.5, 0.6) is 0 Å². The number of hydrogen-bond donors (Lipinski definition) is 1. The zero-order valence-electron chi connectivity index (χ0n) is 14.1. The zero-order chi connectivity index (χ0) is 19.6. The molecule has 1 aliphatic rings. The lowest BCUT2D eigenvalue weighted by atomic mass is 10.2. The Morgan fingerprint density at radius 1 is 1.11 bits per heavy atom. The van der Waals surface area contributed by atoms with Gasteiger partial charge in [-0.15, -0.1) is 0 Å². The van der Waals surface area contributed by atoms with E-state index in [9.17, 15) is 18.0 Å². The Bertz CT molecular complexity index is 1010. The molecule has 1 N–H and O–H groups in total. The highest BCUT2D eigenvalue weighted by Crippen LogP contribution is 2.30. The van der Waals surface area contributed by atoms with Gasteiger partial charge in [0.25, 0.3) is 15.9 Å². The van der Waals surface area contributed by atoms with Gasteiger partial charge in [-0.05, 0) is 36.2 Å². The second kappa shape index (κ2) is 7.88. The van der Waals surface area contributed by atoms with E-state index in [1.165, 1.54) is 12.1 Å². The van der Waals surface area contributed by atoms with Gasteiger partial charge in [0.2, 0.25) is 5.91 Å². The topological polar surface area (TPSA) is 83.6 Å². The number of sulfonamides is 1. The van der Waals surface area contributed by atoms with Gasteiger partial charge in [0, 0.05) is 29.6 Å². The Kier molecular flexibility index (Phi) is 5.74. The van der Waals surface area contributed by atoms with E-state index in [4.69, 9.17) is 23.2 Å². The van der Waals surface area contributed by atoms with Crippen LogP contribution in [0.1, 0.15) is 28.8 Å². The Labute approximate surface area is 167 Å². The van der Waals surface area contributed by atoms with Gasteiger partial charge in [0.05, 0.1) is 5.56 Å². The standard InChI is InChI=1S/C18H16Cl2N2O4S/c19-13-8-7-12(15(20)10-13)11-21-17(23)6-3-9-22-18(24)14-4-1-2-5-16(14)27(22,25)26/h1-2,4-5,7-8,10H,3,6,9,11H2,(H,21,23). The molecule has 0 fully saturated rings. The lowest BCUT2D eigenvalue weighted by Gasteiger charge is -2.14. The maximum atomic E-state index is 12.4. The first-order valence-corrected chi connectivity index (χ1v) is 10.4. The molecule has 9 heteroatoms. The van der Waals surface area contributed by atoms with Crippen LogP contribution < -0.4 is 5.32 Å². The minimum absolute atomic E-state index is 0.0110. The Morgan fingerprint density at radius 2 is 1.85 bits per heavy atom. The summed E-state index contributed by atoms with van der Waals surface area (Å²) in [5, 5.41) is 3.67. The molecule has 2 aromatic carbocycles. The smallest absolute Gasteiger partial charge is 0.269 e. The molecule has 0 bridgehead atoms. The van der Waals surface area contributed by atoms with Crippen LogP contribution in [0.3, 0.4) is 0 Å². The largest absolute Gasteiger partial charge is 0.352 e. The highest BCUT2D eigenvalue weighted by atomic mass is 35.5. The molecule has 0 saturated carbocycles. The van der Waals surface area contributed by atoms with Crippen molar-refractivity contribution in [1.82, 2.24) is 9.62 Å². The summed E-state index contributed by atoms with van der Waals surface area (Å²) in [7, 11) is -3.84. The van der Waals surface area contributed by atoms with E-state index in [0.717, 1.165) is 9.87 Å². The Morgan fingerprint density at radius 3 is 2.56 bits per heavy atom. The normalized spacial score (nSPS) is 14.9. The molecular weight excluding hydrogens is 411 g/mol. The molecule has 0 radical (unpaired) electrons. The van der Waals surface area contributed by atoms with Crippen molar-refractivity contribution >= 4 is 45.0 Å². The van der Waals surface area contributed by atoms with Crippen molar-refractivity contribution in [2.24, 2.45) is 0 Å². The predicted molar refractivity (Wildman–Crippen MR) is 102 cm³/mol. The van der Waals surface area contributed by atoms with E-state index in [2.05, 4.69) is 5.32 Å². The van der Waals surface area contributed by atoms with Crippen LogP contribution in [-0.2, 0) is 21.4 Å². The first kappa shape index (κ1) is 19.7. The maximum absolute atomic E-state index is 12.4. The molecule has 2 aromatic rings. The van der Waals surface area contributed by atoms with Gasteiger partial charge in [-0.25, -0.2) is 12.7 Å². The third kappa shape index (κ3) is 4.10. The molecule has 0 unspecified atom stereocenters. The number of carbonyl (C=O) groups is 2. The van der Waals surface area contributed by atoms with E-state index in [-0.39, 0.29) is 42.3 Å². The van der Waals surface area contributed by atoms with Gasteiger partial charge < -0.3 is 5.32 Å². The third-order valence-corrected chi connectivity index (χ3v) is 6.60. The molecule has 142 valence electrons. The number of nitrogens with zero attached hydrogens (tertiary/aromatic N) is 1. The van der Waals surface area contributed by atoms with Gasteiger partial charge in [-0.2, -0.15) is 0 Å². The molecule has 2 amide bonds. The second-order valence-electron chi connectivity index (χ2n) is 5.99. The number of benzene rings is 2. The van der Waals surface area contributed by atoms with Gasteiger partial charge in [0.15, 0.2) is 0 Å². The van der Waals surface area contributed by atoms with Crippen LogP contribution in [0.4, 0.5) is 0 Å².